The molecule has 0 bridgehead atoms. The van der Waals surface area contributed by atoms with E-state index in [1.54, 1.807) is 0 Å². The van der Waals surface area contributed by atoms with E-state index in [1.807, 2.05) is 0 Å². The maximum absolute atomic E-state index is 6.20. The second-order valence-corrected chi connectivity index (χ2v) is 4.30. The molecule has 0 saturated heterocycles. The number of nitrogens with two attached hydrogens (primary N) is 1. The molecule has 1 aliphatic rings. The van der Waals surface area contributed by atoms with Gasteiger partial charge in [-0.15, -0.1) is 0 Å². The Labute approximate surface area is 86.3 Å². The Morgan fingerprint density at radius 3 is 3.00 bits per heavy atom. The summed E-state index contributed by atoms with van der Waals surface area (Å²) in [6.45, 7) is 2.21. The molecule has 0 aliphatic heterocycles. The summed E-state index contributed by atoms with van der Waals surface area (Å²) in [6, 6.07) is 9.13. The molecule has 1 heteroatoms. The van der Waals surface area contributed by atoms with Gasteiger partial charge in [0.15, 0.2) is 0 Å². The average molecular weight is 189 g/mol. The number of aryl methyl sites for hydroxylation is 1. The van der Waals surface area contributed by atoms with E-state index in [9.17, 15) is 0 Å². The predicted molar refractivity (Wildman–Crippen MR) is 60.4 cm³/mol. The lowest BCUT2D eigenvalue weighted by Crippen LogP contribution is -2.26. The van der Waals surface area contributed by atoms with Crippen molar-refractivity contribution in [1.29, 1.82) is 0 Å². The number of fused-ring (bicyclic) bond motifs is 1. The van der Waals surface area contributed by atoms with Gasteiger partial charge in [-0.3, -0.25) is 0 Å². The van der Waals surface area contributed by atoms with Crippen LogP contribution in [0.25, 0.3) is 0 Å². The minimum atomic E-state index is 0.364. The van der Waals surface area contributed by atoms with Crippen LogP contribution in [0.15, 0.2) is 24.3 Å². The molecule has 0 fully saturated rings. The number of hydrogen-bond acceptors (Lipinski definition) is 1. The first kappa shape index (κ1) is 9.72. The zero-order valence-corrected chi connectivity index (χ0v) is 8.87. The van der Waals surface area contributed by atoms with Gasteiger partial charge in [-0.25, -0.2) is 0 Å². The molecule has 2 unspecified atom stereocenters. The van der Waals surface area contributed by atoms with Crippen LogP contribution < -0.4 is 5.73 Å². The fourth-order valence-corrected chi connectivity index (χ4v) is 2.57. The summed E-state index contributed by atoms with van der Waals surface area (Å²) in [4.78, 5) is 0. The van der Waals surface area contributed by atoms with Crippen LogP contribution >= 0.6 is 0 Å². The van der Waals surface area contributed by atoms with Gasteiger partial charge in [-0.1, -0.05) is 37.6 Å². The second kappa shape index (κ2) is 4.14. The summed E-state index contributed by atoms with van der Waals surface area (Å²) >= 11 is 0. The Morgan fingerprint density at radius 1 is 1.43 bits per heavy atom. The highest BCUT2D eigenvalue weighted by molar-refractivity contribution is 5.35. The zero-order valence-electron chi connectivity index (χ0n) is 8.87. The van der Waals surface area contributed by atoms with Crippen molar-refractivity contribution in [3.63, 3.8) is 0 Å². The molecular formula is C13H19N. The minimum absolute atomic E-state index is 0.364. The number of rotatable bonds is 3. The van der Waals surface area contributed by atoms with Crippen LogP contribution in [0.2, 0.25) is 0 Å². The van der Waals surface area contributed by atoms with Gasteiger partial charge in [-0.05, 0) is 36.3 Å². The first-order chi connectivity index (χ1) is 6.83. The quantitative estimate of drug-likeness (QED) is 0.777. The predicted octanol–water partition coefficient (Wildman–Crippen LogP) is 2.84. The van der Waals surface area contributed by atoms with E-state index in [-0.39, 0.29) is 0 Å². The summed E-state index contributed by atoms with van der Waals surface area (Å²) in [7, 11) is 0. The molecule has 0 amide bonds. The van der Waals surface area contributed by atoms with Crippen LogP contribution in [0, 0.1) is 0 Å². The molecule has 1 aliphatic carbocycles. The Morgan fingerprint density at radius 2 is 2.21 bits per heavy atom. The molecule has 2 rings (SSSR count). The molecule has 0 saturated carbocycles. The monoisotopic (exact) mass is 189 g/mol. The third kappa shape index (κ3) is 1.69. The SMILES string of the molecule is CCCC(N)C1CCc2ccccc21. The zero-order chi connectivity index (χ0) is 9.97. The van der Waals surface area contributed by atoms with E-state index < -0.39 is 0 Å². The fourth-order valence-electron chi connectivity index (χ4n) is 2.57. The highest BCUT2D eigenvalue weighted by Crippen LogP contribution is 2.35. The maximum atomic E-state index is 6.20. The largest absolute Gasteiger partial charge is 0.327 e. The lowest BCUT2D eigenvalue weighted by molar-refractivity contribution is 0.492. The third-order valence-electron chi connectivity index (χ3n) is 3.32. The van der Waals surface area contributed by atoms with E-state index in [1.165, 1.54) is 30.4 Å². The number of benzene rings is 1. The first-order valence-electron chi connectivity index (χ1n) is 5.66. The molecule has 2 N–H and O–H groups in total. The van der Waals surface area contributed by atoms with Crippen molar-refractivity contribution in [1.82, 2.24) is 0 Å². The molecular weight excluding hydrogens is 170 g/mol. The minimum Gasteiger partial charge on any atom is -0.327 e. The lowest BCUT2D eigenvalue weighted by Gasteiger charge is -2.19. The van der Waals surface area contributed by atoms with E-state index in [2.05, 4.69) is 31.2 Å². The van der Waals surface area contributed by atoms with Crippen molar-refractivity contribution in [2.75, 3.05) is 0 Å². The first-order valence-corrected chi connectivity index (χ1v) is 5.66. The van der Waals surface area contributed by atoms with Gasteiger partial charge in [0.1, 0.15) is 0 Å². The van der Waals surface area contributed by atoms with Crippen LogP contribution in [0.5, 0.6) is 0 Å². The van der Waals surface area contributed by atoms with Gasteiger partial charge < -0.3 is 5.73 Å². The molecule has 2 atom stereocenters. The molecule has 0 spiro atoms. The van der Waals surface area contributed by atoms with Gasteiger partial charge >= 0.3 is 0 Å². The fraction of sp³-hybridized carbons (Fsp3) is 0.538. The smallest absolute Gasteiger partial charge is 0.0108 e. The van der Waals surface area contributed by atoms with Gasteiger partial charge in [0.25, 0.3) is 0 Å². The van der Waals surface area contributed by atoms with Crippen molar-refractivity contribution < 1.29 is 0 Å². The van der Waals surface area contributed by atoms with E-state index in [0.29, 0.717) is 12.0 Å². The molecule has 76 valence electrons. The lowest BCUT2D eigenvalue weighted by atomic mass is 9.91. The van der Waals surface area contributed by atoms with E-state index in [0.717, 1.165) is 6.42 Å². The molecule has 1 aromatic rings. The van der Waals surface area contributed by atoms with Crippen molar-refractivity contribution in [2.45, 2.75) is 44.6 Å². The third-order valence-corrected chi connectivity index (χ3v) is 3.32. The summed E-state index contributed by atoms with van der Waals surface area (Å²) in [6.07, 6.45) is 4.82. The maximum Gasteiger partial charge on any atom is 0.0108 e. The summed E-state index contributed by atoms with van der Waals surface area (Å²) in [5.74, 6) is 0.617. The van der Waals surface area contributed by atoms with Crippen molar-refractivity contribution in [2.24, 2.45) is 5.73 Å². The Bertz CT molecular complexity index is 306. The van der Waals surface area contributed by atoms with Crippen molar-refractivity contribution in [3.8, 4) is 0 Å². The molecule has 1 aromatic carbocycles. The summed E-state index contributed by atoms with van der Waals surface area (Å²) in [5.41, 5.74) is 9.23. The molecule has 14 heavy (non-hydrogen) atoms. The number of hydrogen-bond donors (Lipinski definition) is 1. The van der Waals surface area contributed by atoms with Gasteiger partial charge in [0, 0.05) is 6.04 Å². The molecule has 1 nitrogen and oxygen atoms in total. The van der Waals surface area contributed by atoms with Crippen molar-refractivity contribution >= 4 is 0 Å². The van der Waals surface area contributed by atoms with E-state index in [4.69, 9.17) is 5.73 Å². The Kier molecular flexibility index (Phi) is 2.87. The van der Waals surface area contributed by atoms with Gasteiger partial charge in [0.05, 0.1) is 0 Å². The van der Waals surface area contributed by atoms with Crippen LogP contribution in [0.1, 0.15) is 43.2 Å². The van der Waals surface area contributed by atoms with Crippen LogP contribution in [-0.2, 0) is 6.42 Å². The van der Waals surface area contributed by atoms with Crippen LogP contribution in [0.3, 0.4) is 0 Å². The second-order valence-electron chi connectivity index (χ2n) is 4.30. The highest BCUT2D eigenvalue weighted by atomic mass is 14.7. The van der Waals surface area contributed by atoms with E-state index >= 15 is 0 Å². The molecule has 0 radical (unpaired) electrons. The van der Waals surface area contributed by atoms with Gasteiger partial charge in [-0.2, -0.15) is 0 Å². The standard InChI is InChI=1S/C13H19N/c1-2-5-13(14)12-9-8-10-6-3-4-7-11(10)12/h3-4,6-7,12-13H,2,5,8-9,14H2,1H3. The summed E-state index contributed by atoms with van der Waals surface area (Å²) < 4.78 is 0. The Balaban J connectivity index is 2.17. The summed E-state index contributed by atoms with van der Waals surface area (Å²) in [5, 5.41) is 0. The van der Waals surface area contributed by atoms with Crippen LogP contribution in [0.4, 0.5) is 0 Å². The normalized spacial score (nSPS) is 22.0. The highest BCUT2D eigenvalue weighted by Gasteiger charge is 2.26. The topological polar surface area (TPSA) is 26.0 Å². The Hall–Kier alpha value is -0.820. The van der Waals surface area contributed by atoms with Crippen molar-refractivity contribution in [3.05, 3.63) is 35.4 Å². The average Bonchev–Trinajstić information content (AvgIpc) is 2.61. The van der Waals surface area contributed by atoms with Crippen LogP contribution in [-0.4, -0.2) is 6.04 Å². The van der Waals surface area contributed by atoms with Gasteiger partial charge in [0.2, 0.25) is 0 Å². The molecule has 0 aromatic heterocycles. The molecule has 0 heterocycles.